The molecule has 4 nitrogen and oxygen atoms in total. The van der Waals surface area contributed by atoms with Crippen LogP contribution < -0.4 is 4.72 Å². The minimum absolute atomic E-state index is 0.0389. The quantitative estimate of drug-likeness (QED) is 0.828. The highest BCUT2D eigenvalue weighted by atomic mass is 32.2. The molecule has 2 rings (SSSR count). The maximum atomic E-state index is 12.9. The van der Waals surface area contributed by atoms with E-state index in [1.165, 1.54) is 24.3 Å². The van der Waals surface area contributed by atoms with E-state index in [9.17, 15) is 21.6 Å². The van der Waals surface area contributed by atoms with Crippen LogP contribution in [0.25, 0.3) is 0 Å². The minimum atomic E-state index is -4.63. The van der Waals surface area contributed by atoms with Crippen molar-refractivity contribution in [3.8, 4) is 11.8 Å². The van der Waals surface area contributed by atoms with Crippen molar-refractivity contribution in [3.05, 3.63) is 29.8 Å². The van der Waals surface area contributed by atoms with Crippen LogP contribution in [0.1, 0.15) is 18.4 Å². The van der Waals surface area contributed by atoms with E-state index in [-0.39, 0.29) is 23.3 Å². The van der Waals surface area contributed by atoms with E-state index in [2.05, 4.69) is 11.8 Å². The lowest BCUT2D eigenvalue weighted by atomic mass is 10.2. The maximum Gasteiger partial charge on any atom is 0.407 e. The summed E-state index contributed by atoms with van der Waals surface area (Å²) in [6.45, 7) is -0.478. The van der Waals surface area contributed by atoms with Gasteiger partial charge in [-0.3, -0.25) is 0 Å². The van der Waals surface area contributed by atoms with Gasteiger partial charge >= 0.3 is 6.18 Å². The number of rotatable bonds is 3. The van der Waals surface area contributed by atoms with Gasteiger partial charge < -0.3 is 5.11 Å². The highest BCUT2D eigenvalue weighted by Gasteiger charge is 2.65. The topological polar surface area (TPSA) is 66.4 Å². The molecular weight excluding hydrogens is 307 g/mol. The Bertz CT molecular complexity index is 697. The fourth-order valence-electron chi connectivity index (χ4n) is 1.82. The van der Waals surface area contributed by atoms with Crippen molar-refractivity contribution in [1.29, 1.82) is 0 Å². The molecule has 0 aromatic heterocycles. The molecule has 1 saturated carbocycles. The molecule has 0 spiro atoms. The lowest BCUT2D eigenvalue weighted by Crippen LogP contribution is -2.47. The van der Waals surface area contributed by atoms with Crippen molar-refractivity contribution < 1.29 is 26.7 Å². The molecule has 8 heteroatoms. The molecule has 0 radical (unpaired) electrons. The third-order valence-electron chi connectivity index (χ3n) is 3.10. The van der Waals surface area contributed by atoms with E-state index in [0.29, 0.717) is 0 Å². The molecule has 0 bridgehead atoms. The minimum Gasteiger partial charge on any atom is -0.384 e. The van der Waals surface area contributed by atoms with Crippen molar-refractivity contribution in [2.24, 2.45) is 0 Å². The Morgan fingerprint density at radius 1 is 1.29 bits per heavy atom. The average molecular weight is 319 g/mol. The number of benzene rings is 1. The van der Waals surface area contributed by atoms with E-state index in [1.54, 1.807) is 4.72 Å². The van der Waals surface area contributed by atoms with Crippen molar-refractivity contribution in [2.75, 3.05) is 6.61 Å². The lowest BCUT2D eigenvalue weighted by Gasteiger charge is -2.21. The second kappa shape index (κ2) is 5.33. The zero-order valence-electron chi connectivity index (χ0n) is 10.7. The van der Waals surface area contributed by atoms with Gasteiger partial charge in [0.05, 0.1) is 4.90 Å². The Morgan fingerprint density at radius 3 is 2.43 bits per heavy atom. The molecule has 0 heterocycles. The van der Waals surface area contributed by atoms with E-state index in [4.69, 9.17) is 5.11 Å². The van der Waals surface area contributed by atoms with E-state index in [1.807, 2.05) is 0 Å². The monoisotopic (exact) mass is 319 g/mol. The summed E-state index contributed by atoms with van der Waals surface area (Å²) in [6.07, 6.45) is -5.19. The van der Waals surface area contributed by atoms with Crippen LogP contribution in [0.5, 0.6) is 0 Å². The number of hydrogen-bond acceptors (Lipinski definition) is 3. The first-order valence-corrected chi connectivity index (χ1v) is 7.50. The molecule has 0 aliphatic heterocycles. The Labute approximate surface area is 120 Å². The van der Waals surface area contributed by atoms with Crippen LogP contribution >= 0.6 is 0 Å². The Morgan fingerprint density at radius 2 is 1.90 bits per heavy atom. The molecule has 114 valence electrons. The maximum absolute atomic E-state index is 12.9. The second-order valence-corrected chi connectivity index (χ2v) is 6.29. The Hall–Kier alpha value is -1.56. The molecule has 0 saturated heterocycles. The molecule has 1 aliphatic carbocycles. The van der Waals surface area contributed by atoms with Crippen LogP contribution in [-0.4, -0.2) is 31.8 Å². The number of halogens is 3. The Kier molecular flexibility index (Phi) is 4.02. The predicted molar refractivity (Wildman–Crippen MR) is 68.7 cm³/mol. The molecule has 0 amide bonds. The Balaban J connectivity index is 2.38. The molecule has 0 atom stereocenters. The van der Waals surface area contributed by atoms with E-state index >= 15 is 0 Å². The molecule has 21 heavy (non-hydrogen) atoms. The first kappa shape index (κ1) is 15.8. The van der Waals surface area contributed by atoms with Crippen molar-refractivity contribution >= 4 is 10.0 Å². The summed E-state index contributed by atoms with van der Waals surface area (Å²) in [5.41, 5.74) is -2.33. The largest absolute Gasteiger partial charge is 0.407 e. The summed E-state index contributed by atoms with van der Waals surface area (Å²) in [5, 5.41) is 8.64. The summed E-state index contributed by atoms with van der Waals surface area (Å²) in [5.74, 6) is 4.69. The molecule has 1 aromatic rings. The van der Waals surface area contributed by atoms with Crippen molar-refractivity contribution in [2.45, 2.75) is 29.5 Å². The highest BCUT2D eigenvalue weighted by Crippen LogP contribution is 2.49. The van der Waals surface area contributed by atoms with Crippen LogP contribution in [0.3, 0.4) is 0 Å². The van der Waals surface area contributed by atoms with Gasteiger partial charge in [0, 0.05) is 5.56 Å². The first-order valence-electron chi connectivity index (χ1n) is 6.01. The van der Waals surface area contributed by atoms with Gasteiger partial charge in [-0.05, 0) is 25.0 Å². The van der Waals surface area contributed by atoms with E-state index < -0.39 is 28.3 Å². The molecule has 1 fully saturated rings. The van der Waals surface area contributed by atoms with Crippen LogP contribution in [0, 0.1) is 11.8 Å². The number of nitrogens with one attached hydrogen (secondary N) is 1. The first-order chi connectivity index (χ1) is 9.72. The van der Waals surface area contributed by atoms with Gasteiger partial charge in [0.2, 0.25) is 10.0 Å². The molecular formula is C13H12F3NO3S. The molecule has 1 aromatic carbocycles. The van der Waals surface area contributed by atoms with Crippen LogP contribution in [0.2, 0.25) is 0 Å². The van der Waals surface area contributed by atoms with Gasteiger partial charge in [-0.2, -0.15) is 17.9 Å². The van der Waals surface area contributed by atoms with Crippen molar-refractivity contribution in [3.63, 3.8) is 0 Å². The summed E-state index contributed by atoms with van der Waals surface area (Å²) < 4.78 is 64.7. The lowest BCUT2D eigenvalue weighted by molar-refractivity contribution is -0.160. The molecule has 2 N–H and O–H groups in total. The van der Waals surface area contributed by atoms with Crippen molar-refractivity contribution in [1.82, 2.24) is 4.72 Å². The second-order valence-electron chi connectivity index (χ2n) is 4.64. The highest BCUT2D eigenvalue weighted by molar-refractivity contribution is 7.89. The third kappa shape index (κ3) is 3.20. The smallest absolute Gasteiger partial charge is 0.384 e. The summed E-state index contributed by atoms with van der Waals surface area (Å²) in [4.78, 5) is -0.332. The van der Waals surface area contributed by atoms with Crippen LogP contribution in [-0.2, 0) is 10.0 Å². The molecule has 0 unspecified atom stereocenters. The number of aliphatic hydroxyl groups is 1. The van der Waals surface area contributed by atoms with Gasteiger partial charge in [0.1, 0.15) is 12.1 Å². The predicted octanol–water partition coefficient (Wildman–Crippen LogP) is 1.40. The summed E-state index contributed by atoms with van der Waals surface area (Å²) >= 11 is 0. The van der Waals surface area contributed by atoms with Gasteiger partial charge in [-0.1, -0.05) is 24.0 Å². The SMILES string of the molecule is O=S(=O)(NC1(C(F)(F)F)CC1)c1ccccc1C#CCO. The van der Waals surface area contributed by atoms with E-state index in [0.717, 1.165) is 0 Å². The average Bonchev–Trinajstić information content (AvgIpc) is 3.16. The van der Waals surface area contributed by atoms with Gasteiger partial charge in [-0.25, -0.2) is 8.42 Å². The summed E-state index contributed by atoms with van der Waals surface area (Å²) in [6, 6.07) is 5.45. The van der Waals surface area contributed by atoms with Gasteiger partial charge in [-0.15, -0.1) is 0 Å². The fraction of sp³-hybridized carbons (Fsp3) is 0.385. The molecule has 1 aliphatic rings. The fourth-order valence-corrected chi connectivity index (χ4v) is 3.43. The van der Waals surface area contributed by atoms with Crippen LogP contribution in [0.4, 0.5) is 13.2 Å². The normalized spacial score (nSPS) is 17.0. The van der Waals surface area contributed by atoms with Crippen LogP contribution in [0.15, 0.2) is 29.2 Å². The summed E-state index contributed by atoms with van der Waals surface area (Å²) in [7, 11) is -4.35. The zero-order valence-corrected chi connectivity index (χ0v) is 11.6. The number of hydrogen-bond donors (Lipinski definition) is 2. The number of aliphatic hydroxyl groups excluding tert-OH is 1. The number of alkyl halides is 3. The van der Waals surface area contributed by atoms with Gasteiger partial charge in [0.15, 0.2) is 0 Å². The van der Waals surface area contributed by atoms with Gasteiger partial charge in [0.25, 0.3) is 0 Å². The number of sulfonamides is 1. The zero-order chi connectivity index (χ0) is 15.7. The third-order valence-corrected chi connectivity index (χ3v) is 4.70. The standard InChI is InChI=1S/C13H12F3NO3S/c14-13(15,16)12(7-8-12)17-21(19,20)11-6-2-1-4-10(11)5-3-9-18/h1-2,4,6,17-18H,7-9H2.